The van der Waals surface area contributed by atoms with E-state index in [9.17, 15) is 9.59 Å². The van der Waals surface area contributed by atoms with Gasteiger partial charge in [0, 0.05) is 45.5 Å². The predicted molar refractivity (Wildman–Crippen MR) is 95.3 cm³/mol. The maximum atomic E-state index is 12.4. The van der Waals surface area contributed by atoms with Crippen LogP contribution in [0.4, 0.5) is 4.79 Å². The first-order chi connectivity index (χ1) is 12.1. The second-order valence-corrected chi connectivity index (χ2v) is 7.24. The summed E-state index contributed by atoms with van der Waals surface area (Å²) in [6.45, 7) is 7.10. The van der Waals surface area contributed by atoms with Crippen LogP contribution in [0.25, 0.3) is 0 Å². The molecule has 7 heteroatoms. The van der Waals surface area contributed by atoms with Crippen LogP contribution in [0.3, 0.4) is 0 Å². The third kappa shape index (κ3) is 4.48. The van der Waals surface area contributed by atoms with Crippen molar-refractivity contribution in [2.45, 2.75) is 19.8 Å². The van der Waals surface area contributed by atoms with E-state index in [4.69, 9.17) is 0 Å². The van der Waals surface area contributed by atoms with E-state index < -0.39 is 0 Å². The topological polar surface area (TPSA) is 77.6 Å². The molecule has 7 nitrogen and oxygen atoms in total. The molecule has 1 aromatic heterocycles. The van der Waals surface area contributed by atoms with Gasteiger partial charge in [-0.15, -0.1) is 0 Å². The number of amides is 3. The number of urea groups is 1. The van der Waals surface area contributed by atoms with E-state index in [2.05, 4.69) is 22.5 Å². The maximum absolute atomic E-state index is 12.4. The van der Waals surface area contributed by atoms with E-state index in [0.29, 0.717) is 38.4 Å². The van der Waals surface area contributed by atoms with E-state index in [1.165, 1.54) is 0 Å². The van der Waals surface area contributed by atoms with Gasteiger partial charge in [0.25, 0.3) is 5.91 Å². The molecule has 2 fully saturated rings. The van der Waals surface area contributed by atoms with Crippen LogP contribution in [0.15, 0.2) is 24.4 Å². The minimum absolute atomic E-state index is 0.0308. The van der Waals surface area contributed by atoms with Crippen LogP contribution in [0.5, 0.6) is 0 Å². The lowest BCUT2D eigenvalue weighted by Gasteiger charge is -2.37. The molecule has 0 aromatic carbocycles. The average molecular weight is 345 g/mol. The highest BCUT2D eigenvalue weighted by Crippen LogP contribution is 2.24. The van der Waals surface area contributed by atoms with Crippen LogP contribution in [0.2, 0.25) is 0 Å². The Morgan fingerprint density at radius 1 is 1.24 bits per heavy atom. The summed E-state index contributed by atoms with van der Waals surface area (Å²) in [5.41, 5.74) is 0.586. The zero-order chi connectivity index (χ0) is 17.7. The smallest absolute Gasteiger partial charge is 0.317 e. The Morgan fingerprint density at radius 3 is 2.64 bits per heavy atom. The first kappa shape index (κ1) is 17.7. The van der Waals surface area contributed by atoms with Crippen LogP contribution < -0.4 is 10.6 Å². The number of carbonyl (C=O) groups is 2. The van der Waals surface area contributed by atoms with Crippen molar-refractivity contribution in [1.82, 2.24) is 25.4 Å². The van der Waals surface area contributed by atoms with Crippen LogP contribution in [-0.2, 0) is 0 Å². The lowest BCUT2D eigenvalue weighted by atomic mass is 9.83. The summed E-state index contributed by atoms with van der Waals surface area (Å²) in [6.07, 6.45) is 3.91. The van der Waals surface area contributed by atoms with Gasteiger partial charge in [0.1, 0.15) is 5.69 Å². The summed E-state index contributed by atoms with van der Waals surface area (Å²) in [5.74, 6) is -0.0681. The van der Waals surface area contributed by atoms with Crippen molar-refractivity contribution in [2.75, 3.05) is 45.8 Å². The van der Waals surface area contributed by atoms with E-state index in [1.54, 1.807) is 28.1 Å². The second-order valence-electron chi connectivity index (χ2n) is 7.24. The molecule has 2 N–H and O–H groups in total. The quantitative estimate of drug-likeness (QED) is 0.855. The number of hydrogen-bond acceptors (Lipinski definition) is 4. The molecule has 136 valence electrons. The van der Waals surface area contributed by atoms with E-state index in [-0.39, 0.29) is 17.4 Å². The van der Waals surface area contributed by atoms with Gasteiger partial charge in [-0.2, -0.15) is 0 Å². The van der Waals surface area contributed by atoms with E-state index >= 15 is 0 Å². The summed E-state index contributed by atoms with van der Waals surface area (Å²) >= 11 is 0. The highest BCUT2D eigenvalue weighted by Gasteiger charge is 2.29. The SMILES string of the molecule is CC1(CNC(=O)N2CCN(C(=O)c3ccccn3)CC2)CCCNC1. The Kier molecular flexibility index (Phi) is 5.53. The molecule has 0 bridgehead atoms. The van der Waals surface area contributed by atoms with Crippen LogP contribution in [-0.4, -0.2) is 72.5 Å². The Morgan fingerprint density at radius 2 is 2.00 bits per heavy atom. The maximum Gasteiger partial charge on any atom is 0.317 e. The van der Waals surface area contributed by atoms with Crippen LogP contribution in [0.1, 0.15) is 30.3 Å². The molecule has 1 unspecified atom stereocenters. The van der Waals surface area contributed by atoms with E-state index in [0.717, 1.165) is 25.9 Å². The van der Waals surface area contributed by atoms with Crippen molar-refractivity contribution in [1.29, 1.82) is 0 Å². The summed E-state index contributed by atoms with van der Waals surface area (Å²) < 4.78 is 0. The molecule has 25 heavy (non-hydrogen) atoms. The molecule has 0 aliphatic carbocycles. The minimum atomic E-state index is -0.0681. The standard InChI is InChI=1S/C18H27N5O2/c1-18(6-4-7-19-13-18)14-21-17(25)23-11-9-22(10-12-23)16(24)15-5-2-3-8-20-15/h2-3,5,8,19H,4,6-7,9-14H2,1H3,(H,21,25). The normalized spacial score (nSPS) is 24.0. The van der Waals surface area contributed by atoms with Gasteiger partial charge in [0.2, 0.25) is 0 Å². The monoisotopic (exact) mass is 345 g/mol. The van der Waals surface area contributed by atoms with Gasteiger partial charge in [0.05, 0.1) is 0 Å². The van der Waals surface area contributed by atoms with Crippen molar-refractivity contribution in [3.05, 3.63) is 30.1 Å². The number of rotatable bonds is 3. The Bertz CT molecular complexity index is 593. The lowest BCUT2D eigenvalue weighted by Crippen LogP contribution is -2.55. The molecule has 0 saturated carbocycles. The van der Waals surface area contributed by atoms with Gasteiger partial charge < -0.3 is 20.4 Å². The molecule has 3 amide bonds. The molecular formula is C18H27N5O2. The zero-order valence-corrected chi connectivity index (χ0v) is 14.8. The molecule has 1 aromatic rings. The van der Waals surface area contributed by atoms with Crippen LogP contribution in [0, 0.1) is 5.41 Å². The van der Waals surface area contributed by atoms with Gasteiger partial charge in [-0.3, -0.25) is 9.78 Å². The molecule has 0 spiro atoms. The van der Waals surface area contributed by atoms with Gasteiger partial charge in [-0.05, 0) is 36.9 Å². The molecule has 3 rings (SSSR count). The number of aromatic nitrogens is 1. The number of piperidine rings is 1. The third-order valence-electron chi connectivity index (χ3n) is 5.09. The van der Waals surface area contributed by atoms with E-state index in [1.807, 2.05) is 6.07 Å². The molecule has 3 heterocycles. The zero-order valence-electron chi connectivity index (χ0n) is 14.8. The first-order valence-corrected chi connectivity index (χ1v) is 9.01. The summed E-state index contributed by atoms with van der Waals surface area (Å²) in [5, 5.41) is 6.47. The molecule has 2 saturated heterocycles. The summed E-state index contributed by atoms with van der Waals surface area (Å²) in [6, 6.07) is 5.29. The minimum Gasteiger partial charge on any atom is -0.337 e. The fourth-order valence-corrected chi connectivity index (χ4v) is 3.43. The fourth-order valence-electron chi connectivity index (χ4n) is 3.43. The highest BCUT2D eigenvalue weighted by molar-refractivity contribution is 5.92. The third-order valence-corrected chi connectivity index (χ3v) is 5.09. The van der Waals surface area contributed by atoms with Gasteiger partial charge in [0.15, 0.2) is 0 Å². The van der Waals surface area contributed by atoms with Crippen molar-refractivity contribution < 1.29 is 9.59 Å². The summed E-state index contributed by atoms with van der Waals surface area (Å²) in [4.78, 5) is 32.5. The van der Waals surface area contributed by atoms with Gasteiger partial charge >= 0.3 is 6.03 Å². The predicted octanol–water partition coefficient (Wildman–Crippen LogP) is 0.939. The molecule has 0 radical (unpaired) electrons. The molecule has 1 atom stereocenters. The second kappa shape index (κ2) is 7.82. The Hall–Kier alpha value is -2.15. The van der Waals surface area contributed by atoms with Gasteiger partial charge in [-0.25, -0.2) is 4.79 Å². The molecule has 2 aliphatic heterocycles. The number of hydrogen-bond donors (Lipinski definition) is 2. The molecular weight excluding hydrogens is 318 g/mol. The van der Waals surface area contributed by atoms with Crippen LogP contribution >= 0.6 is 0 Å². The van der Waals surface area contributed by atoms with Crippen molar-refractivity contribution in [2.24, 2.45) is 5.41 Å². The fraction of sp³-hybridized carbons (Fsp3) is 0.611. The Balaban J connectivity index is 1.45. The average Bonchev–Trinajstić information content (AvgIpc) is 2.67. The van der Waals surface area contributed by atoms with Crippen molar-refractivity contribution in [3.63, 3.8) is 0 Å². The van der Waals surface area contributed by atoms with Crippen molar-refractivity contribution in [3.8, 4) is 0 Å². The summed E-state index contributed by atoms with van der Waals surface area (Å²) in [7, 11) is 0. The highest BCUT2D eigenvalue weighted by atomic mass is 16.2. The number of piperazine rings is 1. The Labute approximate surface area is 148 Å². The molecule has 2 aliphatic rings. The van der Waals surface area contributed by atoms with Gasteiger partial charge in [-0.1, -0.05) is 13.0 Å². The van der Waals surface area contributed by atoms with Crippen molar-refractivity contribution >= 4 is 11.9 Å². The number of carbonyl (C=O) groups excluding carboxylic acids is 2. The largest absolute Gasteiger partial charge is 0.337 e. The lowest BCUT2D eigenvalue weighted by molar-refractivity contribution is 0.0657. The first-order valence-electron chi connectivity index (χ1n) is 9.01. The number of nitrogens with one attached hydrogen (secondary N) is 2. The number of nitrogens with zero attached hydrogens (tertiary/aromatic N) is 3. The number of pyridine rings is 1.